The van der Waals surface area contributed by atoms with Gasteiger partial charge in [-0.1, -0.05) is 72.4 Å². The van der Waals surface area contributed by atoms with Crippen LogP contribution in [0.25, 0.3) is 0 Å². The molecular formula is C25H29N3O2S. The number of rotatable bonds is 3. The molecule has 5 nitrogen and oxygen atoms in total. The minimum atomic E-state index is -0.488. The minimum Gasteiger partial charge on any atom is -0.444 e. The number of carbonyl (C=O) groups is 1. The lowest BCUT2D eigenvalue weighted by Crippen LogP contribution is -2.46. The number of piperidine rings is 1. The first kappa shape index (κ1) is 21.6. The Labute approximate surface area is 188 Å². The van der Waals surface area contributed by atoms with E-state index in [-0.39, 0.29) is 6.09 Å². The summed E-state index contributed by atoms with van der Waals surface area (Å²) in [6.07, 6.45) is 1.16. The molecule has 31 heavy (non-hydrogen) atoms. The normalized spacial score (nSPS) is 18.0. The third-order valence-corrected chi connectivity index (χ3v) is 6.35. The van der Waals surface area contributed by atoms with Gasteiger partial charge in [0.1, 0.15) is 10.6 Å². The molecule has 162 valence electrons. The number of nitrogens with zero attached hydrogens (tertiary/aromatic N) is 3. The Morgan fingerprint density at radius 1 is 1.00 bits per heavy atom. The van der Waals surface area contributed by atoms with Crippen LogP contribution in [0.4, 0.5) is 4.79 Å². The molecule has 4 rings (SSSR count). The van der Waals surface area contributed by atoms with Gasteiger partial charge in [-0.05, 0) is 26.3 Å². The molecule has 1 saturated heterocycles. The van der Waals surface area contributed by atoms with Gasteiger partial charge in [-0.2, -0.15) is 0 Å². The van der Waals surface area contributed by atoms with Crippen LogP contribution in [0.2, 0.25) is 0 Å². The SMILES string of the molecule is CC(C)(C)OC(=O)N1CCC2(CC1)N=C(SCc1ccccc1)C(c1ccccc1)=N2. The number of likely N-dealkylation sites (tertiary alicyclic amines) is 1. The summed E-state index contributed by atoms with van der Waals surface area (Å²) in [7, 11) is 0. The number of thioether (sulfide) groups is 1. The maximum atomic E-state index is 12.5. The topological polar surface area (TPSA) is 54.3 Å². The van der Waals surface area contributed by atoms with E-state index < -0.39 is 11.3 Å². The third-order valence-electron chi connectivity index (χ3n) is 5.31. The van der Waals surface area contributed by atoms with E-state index in [1.54, 1.807) is 16.7 Å². The Bertz CT molecular complexity index is 973. The summed E-state index contributed by atoms with van der Waals surface area (Å²) in [5.41, 5.74) is 2.35. The van der Waals surface area contributed by atoms with Crippen molar-refractivity contribution in [2.24, 2.45) is 9.98 Å². The predicted octanol–water partition coefficient (Wildman–Crippen LogP) is 5.55. The fraction of sp³-hybridized carbons (Fsp3) is 0.400. The quantitative estimate of drug-likeness (QED) is 0.635. The van der Waals surface area contributed by atoms with Gasteiger partial charge in [-0.3, -0.25) is 4.99 Å². The van der Waals surface area contributed by atoms with Gasteiger partial charge in [0, 0.05) is 37.2 Å². The highest BCUT2D eigenvalue weighted by atomic mass is 32.2. The van der Waals surface area contributed by atoms with Crippen molar-refractivity contribution in [2.45, 2.75) is 50.6 Å². The molecule has 2 aromatic rings. The van der Waals surface area contributed by atoms with E-state index in [0.717, 1.165) is 22.1 Å². The monoisotopic (exact) mass is 435 g/mol. The maximum Gasteiger partial charge on any atom is 0.410 e. The number of benzene rings is 2. The van der Waals surface area contributed by atoms with Gasteiger partial charge >= 0.3 is 6.09 Å². The largest absolute Gasteiger partial charge is 0.444 e. The van der Waals surface area contributed by atoms with Crippen molar-refractivity contribution in [3.63, 3.8) is 0 Å². The number of hydrogen-bond acceptors (Lipinski definition) is 5. The lowest BCUT2D eigenvalue weighted by molar-refractivity contribution is 0.0175. The molecule has 0 aliphatic carbocycles. The van der Waals surface area contributed by atoms with Crippen LogP contribution in [0.5, 0.6) is 0 Å². The van der Waals surface area contributed by atoms with Crippen LogP contribution >= 0.6 is 11.8 Å². The van der Waals surface area contributed by atoms with Crippen LogP contribution in [0.3, 0.4) is 0 Å². The average Bonchev–Trinajstić information content (AvgIpc) is 3.11. The molecule has 0 unspecified atom stereocenters. The molecule has 0 N–H and O–H groups in total. The molecule has 0 atom stereocenters. The molecule has 0 aromatic heterocycles. The molecule has 2 aliphatic heterocycles. The molecule has 0 radical (unpaired) electrons. The lowest BCUT2D eigenvalue weighted by Gasteiger charge is -2.36. The van der Waals surface area contributed by atoms with Gasteiger partial charge in [-0.15, -0.1) is 0 Å². The van der Waals surface area contributed by atoms with Gasteiger partial charge < -0.3 is 9.64 Å². The van der Waals surface area contributed by atoms with Crippen molar-refractivity contribution < 1.29 is 9.53 Å². The van der Waals surface area contributed by atoms with E-state index in [2.05, 4.69) is 36.4 Å². The fourth-order valence-electron chi connectivity index (χ4n) is 3.73. The summed E-state index contributed by atoms with van der Waals surface area (Å²) in [5, 5.41) is 0.987. The zero-order valence-electron chi connectivity index (χ0n) is 18.4. The Morgan fingerprint density at radius 2 is 1.61 bits per heavy atom. The van der Waals surface area contributed by atoms with Crippen molar-refractivity contribution in [1.29, 1.82) is 0 Å². The van der Waals surface area contributed by atoms with Gasteiger partial charge in [0.2, 0.25) is 0 Å². The molecule has 2 heterocycles. The first-order chi connectivity index (χ1) is 14.8. The fourth-order valence-corrected chi connectivity index (χ4v) is 4.76. The Balaban J connectivity index is 1.51. The molecule has 0 bridgehead atoms. The number of aliphatic imine (C=N–C) groups is 2. The van der Waals surface area contributed by atoms with Gasteiger partial charge in [0.25, 0.3) is 0 Å². The van der Waals surface area contributed by atoms with E-state index in [1.807, 2.05) is 45.0 Å². The van der Waals surface area contributed by atoms with Gasteiger partial charge in [-0.25, -0.2) is 9.79 Å². The number of carbonyl (C=O) groups excluding carboxylic acids is 1. The second-order valence-electron chi connectivity index (χ2n) is 8.97. The van der Waals surface area contributed by atoms with Crippen molar-refractivity contribution in [2.75, 3.05) is 13.1 Å². The summed E-state index contributed by atoms with van der Waals surface area (Å²) in [6, 6.07) is 20.7. The molecule has 1 fully saturated rings. The molecule has 0 saturated carbocycles. The first-order valence-electron chi connectivity index (χ1n) is 10.7. The first-order valence-corrected chi connectivity index (χ1v) is 11.7. The maximum absolute atomic E-state index is 12.5. The summed E-state index contributed by atoms with van der Waals surface area (Å²) in [6.45, 7) is 6.88. The smallest absolute Gasteiger partial charge is 0.410 e. The minimum absolute atomic E-state index is 0.254. The van der Waals surface area contributed by atoms with Crippen molar-refractivity contribution in [1.82, 2.24) is 4.90 Å². The molecular weight excluding hydrogens is 406 g/mol. The van der Waals surface area contributed by atoms with Crippen LogP contribution in [-0.4, -0.2) is 46.1 Å². The van der Waals surface area contributed by atoms with E-state index in [0.29, 0.717) is 25.9 Å². The van der Waals surface area contributed by atoms with Crippen molar-refractivity contribution in [3.8, 4) is 0 Å². The van der Waals surface area contributed by atoms with E-state index in [4.69, 9.17) is 14.7 Å². The highest BCUT2D eigenvalue weighted by Crippen LogP contribution is 2.36. The lowest BCUT2D eigenvalue weighted by atomic mass is 9.99. The zero-order valence-corrected chi connectivity index (χ0v) is 19.2. The zero-order chi connectivity index (χ0) is 21.9. The van der Waals surface area contributed by atoms with E-state index >= 15 is 0 Å². The molecule has 6 heteroatoms. The Kier molecular flexibility index (Phi) is 6.19. The van der Waals surface area contributed by atoms with Crippen molar-refractivity contribution in [3.05, 3.63) is 71.8 Å². The molecule has 1 amide bonds. The average molecular weight is 436 g/mol. The van der Waals surface area contributed by atoms with Gasteiger partial charge in [0.15, 0.2) is 5.66 Å². The number of hydrogen-bond donors (Lipinski definition) is 0. The van der Waals surface area contributed by atoms with Crippen LogP contribution in [0, 0.1) is 0 Å². The van der Waals surface area contributed by atoms with Crippen LogP contribution in [-0.2, 0) is 10.5 Å². The highest BCUT2D eigenvalue weighted by molar-refractivity contribution is 8.15. The van der Waals surface area contributed by atoms with Crippen LogP contribution in [0.1, 0.15) is 44.7 Å². The van der Waals surface area contributed by atoms with Crippen molar-refractivity contribution >= 4 is 28.6 Å². The molecule has 1 spiro atoms. The van der Waals surface area contributed by atoms with Crippen LogP contribution < -0.4 is 0 Å². The van der Waals surface area contributed by atoms with Gasteiger partial charge in [0.05, 0.1) is 5.71 Å². The number of amides is 1. The summed E-state index contributed by atoms with van der Waals surface area (Å²) in [5.74, 6) is 0.853. The van der Waals surface area contributed by atoms with E-state index in [9.17, 15) is 4.79 Å². The summed E-state index contributed by atoms with van der Waals surface area (Å²) in [4.78, 5) is 24.5. The third kappa shape index (κ3) is 5.37. The Hall–Kier alpha value is -2.60. The second kappa shape index (κ2) is 8.87. The second-order valence-corrected chi connectivity index (χ2v) is 9.93. The predicted molar refractivity (Wildman–Crippen MR) is 128 cm³/mol. The van der Waals surface area contributed by atoms with Crippen LogP contribution in [0.15, 0.2) is 70.6 Å². The van der Waals surface area contributed by atoms with E-state index in [1.165, 1.54) is 5.56 Å². The summed E-state index contributed by atoms with van der Waals surface area (Å²) < 4.78 is 5.54. The number of ether oxygens (including phenoxy) is 1. The summed E-state index contributed by atoms with van der Waals surface area (Å²) >= 11 is 1.74. The highest BCUT2D eigenvalue weighted by Gasteiger charge is 2.41. The molecule has 2 aliphatic rings. The Morgan fingerprint density at radius 3 is 2.23 bits per heavy atom. The molecule has 2 aromatic carbocycles. The standard InChI is InChI=1S/C25H29N3O2S/c1-24(2,3)30-23(29)28-16-14-25(15-17-28)26-21(20-12-8-5-9-13-20)22(27-25)31-18-19-10-6-4-7-11-19/h4-13H,14-18H2,1-3H3.